The molecule has 2 heterocycles. The van der Waals surface area contributed by atoms with E-state index < -0.39 is 19.2 Å². The van der Waals surface area contributed by atoms with Gasteiger partial charge < -0.3 is 13.8 Å². The quantitative estimate of drug-likeness (QED) is 0.457. The van der Waals surface area contributed by atoms with Crippen LogP contribution in [0.5, 0.6) is 0 Å². The van der Waals surface area contributed by atoms with Crippen molar-refractivity contribution >= 4 is 19.2 Å². The van der Waals surface area contributed by atoms with Gasteiger partial charge in [-0.05, 0) is 33.3 Å². The van der Waals surface area contributed by atoms with E-state index in [4.69, 9.17) is 13.8 Å². The van der Waals surface area contributed by atoms with E-state index in [1.807, 2.05) is 6.92 Å². The molecule has 1 atom stereocenters. The predicted octanol–water partition coefficient (Wildman–Crippen LogP) is 3.55. The zero-order valence-corrected chi connectivity index (χ0v) is 16.6. The highest BCUT2D eigenvalue weighted by atomic mass is 31.2. The molecule has 2 rings (SSSR count). The maximum Gasteiger partial charge on any atom is 0.350 e. The number of aryl methyl sites for hydroxylation is 1. The van der Waals surface area contributed by atoms with Crippen LogP contribution in [0.2, 0.25) is 0 Å². The predicted molar refractivity (Wildman–Crippen MR) is 97.2 cm³/mol. The first-order chi connectivity index (χ1) is 12.5. The third-order valence-electron chi connectivity index (χ3n) is 3.67. The van der Waals surface area contributed by atoms with Crippen molar-refractivity contribution in [1.82, 2.24) is 14.6 Å². The molecule has 144 valence electrons. The van der Waals surface area contributed by atoms with Gasteiger partial charge in [-0.1, -0.05) is 13.3 Å². The lowest BCUT2D eigenvalue weighted by atomic mass is 10.2. The van der Waals surface area contributed by atoms with Crippen molar-refractivity contribution < 1.29 is 23.1 Å². The van der Waals surface area contributed by atoms with Crippen molar-refractivity contribution in [1.29, 1.82) is 0 Å². The number of nitrogens with zero attached hydrogens (tertiary/aromatic N) is 3. The van der Waals surface area contributed by atoms with E-state index in [0.29, 0.717) is 11.3 Å². The molecule has 0 saturated heterocycles. The third-order valence-corrected chi connectivity index (χ3v) is 6.01. The molecule has 0 amide bonds. The summed E-state index contributed by atoms with van der Waals surface area (Å²) in [7, 11) is -3.82. The smallest absolute Gasteiger partial charge is 0.350 e. The number of carbonyl (C=O) groups excluding carboxylic acids is 1. The standard InChI is InChI=1S/C17H26N3O5P/c1-5-9-13-12-14(20-15(19-13)10-11-18-20)16(17(21)23-6-2)26(22,24-7-3)25-8-4/h10-12,16H,5-9H2,1-4H3. The van der Waals surface area contributed by atoms with Crippen LogP contribution >= 0.6 is 7.60 Å². The van der Waals surface area contributed by atoms with Crippen molar-refractivity contribution in [3.8, 4) is 0 Å². The number of aromatic nitrogens is 3. The first kappa shape index (κ1) is 20.6. The molecule has 8 nitrogen and oxygen atoms in total. The van der Waals surface area contributed by atoms with Crippen LogP contribution in [0.25, 0.3) is 5.65 Å². The third kappa shape index (κ3) is 4.31. The molecule has 0 aliphatic heterocycles. The van der Waals surface area contributed by atoms with Crippen LogP contribution in [-0.2, 0) is 29.6 Å². The molecule has 0 aliphatic rings. The number of ether oxygens (including phenoxy) is 1. The molecule has 0 fully saturated rings. The Morgan fingerprint density at radius 3 is 2.46 bits per heavy atom. The van der Waals surface area contributed by atoms with Crippen molar-refractivity contribution in [3.05, 3.63) is 29.7 Å². The van der Waals surface area contributed by atoms with Crippen molar-refractivity contribution in [3.63, 3.8) is 0 Å². The lowest BCUT2D eigenvalue weighted by molar-refractivity contribution is -0.143. The Morgan fingerprint density at radius 2 is 1.88 bits per heavy atom. The summed E-state index contributed by atoms with van der Waals surface area (Å²) in [5.74, 6) is -0.664. The lowest BCUT2D eigenvalue weighted by Gasteiger charge is -2.25. The summed E-state index contributed by atoms with van der Waals surface area (Å²) in [5, 5.41) is 4.23. The highest BCUT2D eigenvalue weighted by Gasteiger charge is 2.45. The molecule has 0 bridgehead atoms. The molecule has 2 aromatic heterocycles. The van der Waals surface area contributed by atoms with Crippen LogP contribution in [0.1, 0.15) is 51.2 Å². The summed E-state index contributed by atoms with van der Waals surface area (Å²) in [6, 6.07) is 3.47. The van der Waals surface area contributed by atoms with E-state index in [1.165, 1.54) is 4.52 Å². The number of hydrogen-bond donors (Lipinski definition) is 0. The Bertz CT molecular complexity index is 782. The largest absolute Gasteiger partial charge is 0.465 e. The molecule has 2 aromatic rings. The van der Waals surface area contributed by atoms with E-state index in [1.54, 1.807) is 39.1 Å². The van der Waals surface area contributed by atoms with Gasteiger partial charge in [0.05, 0.1) is 31.7 Å². The normalized spacial score (nSPS) is 13.1. The van der Waals surface area contributed by atoms with Gasteiger partial charge in [0.1, 0.15) is 0 Å². The van der Waals surface area contributed by atoms with Crippen LogP contribution < -0.4 is 0 Å². The van der Waals surface area contributed by atoms with Crippen LogP contribution in [0.4, 0.5) is 0 Å². The second-order valence-electron chi connectivity index (χ2n) is 5.55. The summed E-state index contributed by atoms with van der Waals surface area (Å²) >= 11 is 0. The first-order valence-corrected chi connectivity index (χ1v) is 10.5. The van der Waals surface area contributed by atoms with Crippen LogP contribution in [0.15, 0.2) is 18.3 Å². The minimum Gasteiger partial charge on any atom is -0.465 e. The second kappa shape index (κ2) is 9.26. The zero-order chi connectivity index (χ0) is 19.2. The Morgan fingerprint density at radius 1 is 1.19 bits per heavy atom. The molecule has 0 saturated carbocycles. The van der Waals surface area contributed by atoms with Crippen LogP contribution in [-0.4, -0.2) is 40.4 Å². The monoisotopic (exact) mass is 383 g/mol. The van der Waals surface area contributed by atoms with Gasteiger partial charge in [-0.2, -0.15) is 5.10 Å². The second-order valence-corrected chi connectivity index (χ2v) is 7.67. The SMILES string of the molecule is CCCc1cc(C(C(=O)OCC)P(=O)(OCC)OCC)n2nccc2n1. The van der Waals surface area contributed by atoms with Gasteiger partial charge >= 0.3 is 13.6 Å². The molecule has 0 aromatic carbocycles. The van der Waals surface area contributed by atoms with E-state index in [0.717, 1.165) is 18.5 Å². The van der Waals surface area contributed by atoms with E-state index in [2.05, 4.69) is 10.1 Å². The minimum atomic E-state index is -3.82. The Balaban J connectivity index is 2.68. The summed E-state index contributed by atoms with van der Waals surface area (Å²) in [5.41, 5.74) is 0.514. The number of fused-ring (bicyclic) bond motifs is 1. The van der Waals surface area contributed by atoms with Gasteiger partial charge in [-0.25, -0.2) is 9.50 Å². The van der Waals surface area contributed by atoms with Gasteiger partial charge in [0.25, 0.3) is 0 Å². The van der Waals surface area contributed by atoms with Gasteiger partial charge in [0.2, 0.25) is 5.66 Å². The van der Waals surface area contributed by atoms with Gasteiger partial charge in [0, 0.05) is 11.8 Å². The molecule has 0 aliphatic carbocycles. The van der Waals surface area contributed by atoms with Crippen molar-refractivity contribution in [2.24, 2.45) is 0 Å². The molecule has 26 heavy (non-hydrogen) atoms. The molecular weight excluding hydrogens is 357 g/mol. The molecule has 0 N–H and O–H groups in total. The number of rotatable bonds is 10. The van der Waals surface area contributed by atoms with E-state index in [9.17, 15) is 9.36 Å². The van der Waals surface area contributed by atoms with Gasteiger partial charge in [-0.3, -0.25) is 9.36 Å². The fraction of sp³-hybridized carbons (Fsp3) is 0.588. The van der Waals surface area contributed by atoms with Crippen LogP contribution in [0, 0.1) is 0 Å². The molecular formula is C17H26N3O5P. The van der Waals surface area contributed by atoms with Gasteiger partial charge in [0.15, 0.2) is 5.65 Å². The number of carbonyl (C=O) groups is 1. The average Bonchev–Trinajstić information content (AvgIpc) is 3.04. The highest BCUT2D eigenvalue weighted by molar-refractivity contribution is 7.55. The first-order valence-electron chi connectivity index (χ1n) is 8.89. The van der Waals surface area contributed by atoms with Crippen molar-refractivity contribution in [2.45, 2.75) is 46.2 Å². The average molecular weight is 383 g/mol. The number of esters is 1. The topological polar surface area (TPSA) is 92.0 Å². The Hall–Kier alpha value is -1.76. The zero-order valence-electron chi connectivity index (χ0n) is 15.7. The maximum atomic E-state index is 13.5. The minimum absolute atomic E-state index is 0.141. The van der Waals surface area contributed by atoms with Crippen LogP contribution in [0.3, 0.4) is 0 Å². The molecule has 9 heteroatoms. The Kier molecular flexibility index (Phi) is 7.32. The van der Waals surface area contributed by atoms with Gasteiger partial charge in [-0.15, -0.1) is 0 Å². The van der Waals surface area contributed by atoms with E-state index in [-0.39, 0.29) is 19.8 Å². The Labute approximate surface area is 153 Å². The lowest BCUT2D eigenvalue weighted by Crippen LogP contribution is -2.22. The molecule has 1 unspecified atom stereocenters. The van der Waals surface area contributed by atoms with Crippen molar-refractivity contribution in [2.75, 3.05) is 19.8 Å². The maximum absolute atomic E-state index is 13.5. The highest BCUT2D eigenvalue weighted by Crippen LogP contribution is 2.61. The summed E-state index contributed by atoms with van der Waals surface area (Å²) in [6.07, 6.45) is 3.18. The molecule has 0 spiro atoms. The summed E-state index contributed by atoms with van der Waals surface area (Å²) in [6.45, 7) is 7.57. The summed E-state index contributed by atoms with van der Waals surface area (Å²) in [4.78, 5) is 17.3. The fourth-order valence-corrected chi connectivity index (χ4v) is 4.68. The molecule has 0 radical (unpaired) electrons. The fourth-order valence-electron chi connectivity index (χ4n) is 2.75. The van der Waals surface area contributed by atoms with E-state index >= 15 is 0 Å². The number of hydrogen-bond acceptors (Lipinski definition) is 7. The summed E-state index contributed by atoms with van der Waals surface area (Å²) < 4.78 is 31.0.